The first-order chi connectivity index (χ1) is 6.61. The first-order valence-corrected chi connectivity index (χ1v) is 4.68. The molecule has 0 atom stereocenters. The molecule has 1 aromatic heterocycles. The molecule has 0 saturated carbocycles. The van der Waals surface area contributed by atoms with Crippen LogP contribution in [0.4, 0.5) is 0 Å². The Kier molecular flexibility index (Phi) is 3.62. The van der Waals surface area contributed by atoms with Crippen LogP contribution in [0.25, 0.3) is 0 Å². The predicted octanol–water partition coefficient (Wildman–Crippen LogP) is 0.921. The Bertz CT molecular complexity index is 320. The monoisotopic (exact) mass is 197 g/mol. The number of rotatable bonds is 5. The lowest BCUT2D eigenvalue weighted by molar-refractivity contribution is -0.137. The Morgan fingerprint density at radius 1 is 1.43 bits per heavy atom. The molecule has 0 spiro atoms. The van der Waals surface area contributed by atoms with E-state index in [-0.39, 0.29) is 6.42 Å². The van der Waals surface area contributed by atoms with E-state index in [1.54, 1.807) is 0 Å². The molecule has 0 unspecified atom stereocenters. The number of aryl methyl sites for hydroxylation is 2. The number of unbranched alkanes of at least 4 members (excludes halogenated alkanes) is 1. The minimum Gasteiger partial charge on any atom is -0.481 e. The molecule has 0 radical (unpaired) electrons. The molecule has 5 nitrogen and oxygen atoms in total. The molecule has 0 aliphatic carbocycles. The molecule has 78 valence electrons. The van der Waals surface area contributed by atoms with Crippen LogP contribution in [0.2, 0.25) is 0 Å². The highest BCUT2D eigenvalue weighted by Crippen LogP contribution is 2.04. The second kappa shape index (κ2) is 4.74. The molecular weight excluding hydrogens is 182 g/mol. The zero-order chi connectivity index (χ0) is 10.6. The number of aromatic nitrogens is 3. The van der Waals surface area contributed by atoms with E-state index >= 15 is 0 Å². The minimum absolute atomic E-state index is 0.233. The van der Waals surface area contributed by atoms with Crippen LogP contribution in [-0.2, 0) is 18.3 Å². The van der Waals surface area contributed by atoms with Crippen molar-refractivity contribution in [2.45, 2.75) is 32.6 Å². The fourth-order valence-electron chi connectivity index (χ4n) is 1.23. The van der Waals surface area contributed by atoms with Gasteiger partial charge in [0.1, 0.15) is 11.6 Å². The van der Waals surface area contributed by atoms with Gasteiger partial charge in [-0.2, -0.15) is 0 Å². The fourth-order valence-corrected chi connectivity index (χ4v) is 1.23. The van der Waals surface area contributed by atoms with E-state index in [4.69, 9.17) is 5.11 Å². The highest BCUT2D eigenvalue weighted by molar-refractivity contribution is 5.66. The van der Waals surface area contributed by atoms with E-state index < -0.39 is 5.97 Å². The molecule has 1 N–H and O–H groups in total. The Hall–Kier alpha value is -1.39. The average molecular weight is 197 g/mol. The summed E-state index contributed by atoms with van der Waals surface area (Å²) in [5.41, 5.74) is 0. The zero-order valence-corrected chi connectivity index (χ0v) is 8.53. The number of hydrogen-bond acceptors (Lipinski definition) is 3. The standard InChI is InChI=1S/C9H15N3O2/c1-7-10-11-8(12(7)2)5-3-4-6-9(13)14/h3-6H2,1-2H3,(H,13,14). The van der Waals surface area contributed by atoms with Crippen molar-refractivity contribution in [3.8, 4) is 0 Å². The maximum atomic E-state index is 10.2. The summed E-state index contributed by atoms with van der Waals surface area (Å²) in [7, 11) is 1.92. The van der Waals surface area contributed by atoms with Crippen LogP contribution in [-0.4, -0.2) is 25.8 Å². The van der Waals surface area contributed by atoms with Crippen LogP contribution in [0.15, 0.2) is 0 Å². The van der Waals surface area contributed by atoms with E-state index in [1.807, 2.05) is 18.5 Å². The normalized spacial score (nSPS) is 10.4. The zero-order valence-electron chi connectivity index (χ0n) is 8.53. The summed E-state index contributed by atoms with van der Waals surface area (Å²) in [5.74, 6) is 1.07. The third-order valence-corrected chi connectivity index (χ3v) is 2.22. The van der Waals surface area contributed by atoms with Gasteiger partial charge in [-0.05, 0) is 19.8 Å². The topological polar surface area (TPSA) is 68.0 Å². The van der Waals surface area contributed by atoms with Crippen molar-refractivity contribution in [1.82, 2.24) is 14.8 Å². The summed E-state index contributed by atoms with van der Waals surface area (Å²) >= 11 is 0. The maximum Gasteiger partial charge on any atom is 0.303 e. The maximum absolute atomic E-state index is 10.2. The van der Waals surface area contributed by atoms with Crippen LogP contribution in [0.3, 0.4) is 0 Å². The van der Waals surface area contributed by atoms with E-state index in [2.05, 4.69) is 10.2 Å². The highest BCUT2D eigenvalue weighted by Gasteiger charge is 2.04. The van der Waals surface area contributed by atoms with Gasteiger partial charge >= 0.3 is 5.97 Å². The molecule has 0 bridgehead atoms. The van der Waals surface area contributed by atoms with Crippen molar-refractivity contribution in [1.29, 1.82) is 0 Å². The van der Waals surface area contributed by atoms with Crippen LogP contribution in [0, 0.1) is 6.92 Å². The molecule has 0 aliphatic rings. The van der Waals surface area contributed by atoms with Crippen molar-refractivity contribution < 1.29 is 9.90 Å². The molecule has 1 aromatic rings. The van der Waals surface area contributed by atoms with E-state index in [1.165, 1.54) is 0 Å². The Morgan fingerprint density at radius 2 is 2.14 bits per heavy atom. The summed E-state index contributed by atoms with van der Waals surface area (Å²) in [6, 6.07) is 0. The van der Waals surface area contributed by atoms with Gasteiger partial charge in [0, 0.05) is 19.9 Å². The fraction of sp³-hybridized carbons (Fsp3) is 0.667. The SMILES string of the molecule is Cc1nnc(CCCCC(=O)O)n1C. The molecule has 0 fully saturated rings. The Morgan fingerprint density at radius 3 is 2.64 bits per heavy atom. The Labute approximate surface area is 82.8 Å². The summed E-state index contributed by atoms with van der Waals surface area (Å²) in [6.45, 7) is 1.90. The van der Waals surface area contributed by atoms with Gasteiger partial charge in [-0.1, -0.05) is 0 Å². The van der Waals surface area contributed by atoms with Crippen LogP contribution >= 0.6 is 0 Å². The van der Waals surface area contributed by atoms with Crippen molar-refractivity contribution in [2.75, 3.05) is 0 Å². The second-order valence-corrected chi connectivity index (χ2v) is 3.32. The largest absolute Gasteiger partial charge is 0.481 e. The molecular formula is C9H15N3O2. The van der Waals surface area contributed by atoms with Crippen LogP contribution in [0.5, 0.6) is 0 Å². The quantitative estimate of drug-likeness (QED) is 0.713. The first-order valence-electron chi connectivity index (χ1n) is 4.68. The second-order valence-electron chi connectivity index (χ2n) is 3.32. The molecule has 1 rings (SSSR count). The van der Waals surface area contributed by atoms with Gasteiger partial charge in [-0.15, -0.1) is 10.2 Å². The van der Waals surface area contributed by atoms with Gasteiger partial charge in [-0.25, -0.2) is 0 Å². The third kappa shape index (κ3) is 2.83. The third-order valence-electron chi connectivity index (χ3n) is 2.22. The summed E-state index contributed by atoms with van der Waals surface area (Å²) in [5, 5.41) is 16.4. The van der Waals surface area contributed by atoms with Crippen molar-refractivity contribution in [2.24, 2.45) is 7.05 Å². The van der Waals surface area contributed by atoms with E-state index in [0.29, 0.717) is 6.42 Å². The lowest BCUT2D eigenvalue weighted by Gasteiger charge is -2.00. The van der Waals surface area contributed by atoms with Gasteiger partial charge in [-0.3, -0.25) is 4.79 Å². The van der Waals surface area contributed by atoms with Crippen molar-refractivity contribution >= 4 is 5.97 Å². The lowest BCUT2D eigenvalue weighted by atomic mass is 10.2. The van der Waals surface area contributed by atoms with Crippen LogP contribution < -0.4 is 0 Å². The van der Waals surface area contributed by atoms with Crippen molar-refractivity contribution in [3.05, 3.63) is 11.6 Å². The molecule has 1 heterocycles. The molecule has 0 amide bonds. The first kappa shape index (κ1) is 10.7. The molecule has 14 heavy (non-hydrogen) atoms. The smallest absolute Gasteiger partial charge is 0.303 e. The molecule has 0 aliphatic heterocycles. The van der Waals surface area contributed by atoms with Crippen LogP contribution in [0.1, 0.15) is 30.9 Å². The summed E-state index contributed by atoms with van der Waals surface area (Å²) in [4.78, 5) is 10.2. The molecule has 0 aromatic carbocycles. The van der Waals surface area contributed by atoms with Gasteiger partial charge < -0.3 is 9.67 Å². The minimum atomic E-state index is -0.737. The average Bonchev–Trinajstić information content (AvgIpc) is 2.43. The van der Waals surface area contributed by atoms with Gasteiger partial charge in [0.05, 0.1) is 0 Å². The van der Waals surface area contributed by atoms with Gasteiger partial charge in [0.2, 0.25) is 0 Å². The Balaban J connectivity index is 2.31. The van der Waals surface area contributed by atoms with Gasteiger partial charge in [0.25, 0.3) is 0 Å². The molecule has 0 saturated heterocycles. The van der Waals surface area contributed by atoms with Gasteiger partial charge in [0.15, 0.2) is 0 Å². The summed E-state index contributed by atoms with van der Waals surface area (Å²) < 4.78 is 1.93. The molecule has 5 heteroatoms. The van der Waals surface area contributed by atoms with Crippen molar-refractivity contribution in [3.63, 3.8) is 0 Å². The number of nitrogens with zero attached hydrogens (tertiary/aromatic N) is 3. The number of carbonyl (C=O) groups is 1. The number of carboxylic acid groups (broad SMARTS) is 1. The number of aliphatic carboxylic acids is 1. The predicted molar refractivity (Wildman–Crippen MR) is 50.9 cm³/mol. The highest BCUT2D eigenvalue weighted by atomic mass is 16.4. The number of hydrogen-bond donors (Lipinski definition) is 1. The number of carboxylic acids is 1. The summed E-state index contributed by atoms with van der Waals surface area (Å²) in [6.07, 6.45) is 2.57. The van der Waals surface area contributed by atoms with E-state index in [0.717, 1.165) is 24.5 Å². The lowest BCUT2D eigenvalue weighted by Crippen LogP contribution is -2.01. The van der Waals surface area contributed by atoms with E-state index in [9.17, 15) is 4.79 Å².